The number of fused-ring (bicyclic) bond motifs is 1. The van der Waals surface area contributed by atoms with Crippen LogP contribution >= 0.6 is 0 Å². The van der Waals surface area contributed by atoms with Crippen molar-refractivity contribution in [3.8, 4) is 11.5 Å². The molecule has 27 heavy (non-hydrogen) atoms. The highest BCUT2D eigenvalue weighted by Gasteiger charge is 2.24. The first-order valence-corrected chi connectivity index (χ1v) is 9.77. The molecular formula is C20H30N3O4+. The summed E-state index contributed by atoms with van der Waals surface area (Å²) < 4.78 is 11.6. The van der Waals surface area contributed by atoms with Crippen LogP contribution in [0.25, 0.3) is 0 Å². The summed E-state index contributed by atoms with van der Waals surface area (Å²) in [5, 5.41) is 3.01. The smallest absolute Gasteiger partial charge is 0.275 e. The Bertz CT molecular complexity index is 699. The predicted molar refractivity (Wildman–Crippen MR) is 101 cm³/mol. The molecule has 2 aliphatic rings. The Morgan fingerprint density at radius 2 is 2.07 bits per heavy atom. The normalized spacial score (nSPS) is 19.4. The van der Waals surface area contributed by atoms with E-state index in [4.69, 9.17) is 9.47 Å². The summed E-state index contributed by atoms with van der Waals surface area (Å²) in [6.45, 7) is 10.1. The molecule has 0 aliphatic carbocycles. The van der Waals surface area contributed by atoms with E-state index in [0.717, 1.165) is 42.1 Å². The van der Waals surface area contributed by atoms with Crippen LogP contribution in [0.2, 0.25) is 0 Å². The molecular weight excluding hydrogens is 346 g/mol. The number of amides is 2. The molecule has 1 atom stereocenters. The number of nitrogens with one attached hydrogen (secondary N) is 2. The van der Waals surface area contributed by atoms with Crippen LogP contribution in [0.1, 0.15) is 31.9 Å². The van der Waals surface area contributed by atoms with E-state index in [1.54, 1.807) is 6.92 Å². The van der Waals surface area contributed by atoms with Gasteiger partial charge in [0.2, 0.25) is 5.91 Å². The third kappa shape index (κ3) is 4.91. The van der Waals surface area contributed by atoms with Crippen LogP contribution in [0.4, 0.5) is 0 Å². The monoisotopic (exact) mass is 376 g/mol. The third-order valence-electron chi connectivity index (χ3n) is 5.18. The van der Waals surface area contributed by atoms with Gasteiger partial charge in [-0.25, -0.2) is 0 Å². The minimum absolute atomic E-state index is 0.0125. The molecule has 0 bridgehead atoms. The van der Waals surface area contributed by atoms with Gasteiger partial charge >= 0.3 is 0 Å². The molecule has 0 radical (unpaired) electrons. The zero-order valence-electron chi connectivity index (χ0n) is 16.5. The Hall–Kier alpha value is -2.28. The molecule has 3 rings (SSSR count). The molecule has 7 heteroatoms. The standard InChI is InChI=1S/C20H29N3O4/c1-4-26-18-10-16-9-14(2)27-19(16)11-17(18)12-21-20(25)13-22-5-7-23(8-6-22)15(3)24/h10-11,14H,4-9,12-13H2,1-3H3,(H,21,25)/p+1/t14-/m0/s1. The number of ether oxygens (including phenoxy) is 2. The van der Waals surface area contributed by atoms with E-state index in [9.17, 15) is 9.59 Å². The highest BCUT2D eigenvalue weighted by Crippen LogP contribution is 2.35. The van der Waals surface area contributed by atoms with Gasteiger partial charge in [0, 0.05) is 31.0 Å². The molecule has 1 saturated heterocycles. The van der Waals surface area contributed by atoms with Gasteiger partial charge in [-0.1, -0.05) is 0 Å². The summed E-state index contributed by atoms with van der Waals surface area (Å²) in [6.07, 6.45) is 1.06. The van der Waals surface area contributed by atoms with Crippen molar-refractivity contribution in [3.63, 3.8) is 0 Å². The average molecular weight is 376 g/mol. The summed E-state index contributed by atoms with van der Waals surface area (Å²) >= 11 is 0. The lowest BCUT2D eigenvalue weighted by molar-refractivity contribution is -0.896. The number of hydrogen-bond donors (Lipinski definition) is 2. The van der Waals surface area contributed by atoms with Gasteiger partial charge in [-0.05, 0) is 26.0 Å². The Labute approximate surface area is 160 Å². The molecule has 148 valence electrons. The summed E-state index contributed by atoms with van der Waals surface area (Å²) in [6, 6.07) is 4.03. The van der Waals surface area contributed by atoms with Gasteiger partial charge in [0.15, 0.2) is 6.54 Å². The summed E-state index contributed by atoms with van der Waals surface area (Å²) in [4.78, 5) is 26.8. The van der Waals surface area contributed by atoms with E-state index in [0.29, 0.717) is 32.8 Å². The van der Waals surface area contributed by atoms with E-state index >= 15 is 0 Å². The minimum Gasteiger partial charge on any atom is -0.494 e. The van der Waals surface area contributed by atoms with Crippen LogP contribution in [0.15, 0.2) is 12.1 Å². The lowest BCUT2D eigenvalue weighted by atomic mass is 10.1. The Morgan fingerprint density at radius 1 is 1.33 bits per heavy atom. The lowest BCUT2D eigenvalue weighted by Gasteiger charge is -2.31. The fourth-order valence-corrected chi connectivity index (χ4v) is 3.71. The fourth-order valence-electron chi connectivity index (χ4n) is 3.71. The second-order valence-electron chi connectivity index (χ2n) is 7.34. The average Bonchev–Trinajstić information content (AvgIpc) is 2.99. The highest BCUT2D eigenvalue weighted by atomic mass is 16.5. The van der Waals surface area contributed by atoms with Gasteiger partial charge in [-0.15, -0.1) is 0 Å². The largest absolute Gasteiger partial charge is 0.494 e. The van der Waals surface area contributed by atoms with Gasteiger partial charge in [0.05, 0.1) is 32.8 Å². The predicted octanol–water partition coefficient (Wildman–Crippen LogP) is -0.228. The van der Waals surface area contributed by atoms with Crippen molar-refractivity contribution in [2.75, 3.05) is 39.3 Å². The van der Waals surface area contributed by atoms with Crippen molar-refractivity contribution >= 4 is 11.8 Å². The number of rotatable bonds is 6. The number of piperazine rings is 1. The quantitative estimate of drug-likeness (QED) is 0.720. The van der Waals surface area contributed by atoms with Crippen molar-refractivity contribution < 1.29 is 24.0 Å². The molecule has 7 nitrogen and oxygen atoms in total. The van der Waals surface area contributed by atoms with E-state index < -0.39 is 0 Å². The molecule has 1 fully saturated rings. The highest BCUT2D eigenvalue weighted by molar-refractivity contribution is 5.77. The first kappa shape index (κ1) is 19.5. The van der Waals surface area contributed by atoms with Crippen molar-refractivity contribution in [1.29, 1.82) is 0 Å². The van der Waals surface area contributed by atoms with Crippen molar-refractivity contribution in [1.82, 2.24) is 10.2 Å². The molecule has 0 saturated carbocycles. The number of carbonyl (C=O) groups excluding carboxylic acids is 2. The van der Waals surface area contributed by atoms with Crippen LogP contribution in [-0.2, 0) is 22.6 Å². The summed E-state index contributed by atoms with van der Waals surface area (Å²) in [7, 11) is 0. The first-order chi connectivity index (χ1) is 13.0. The van der Waals surface area contributed by atoms with Crippen molar-refractivity contribution in [3.05, 3.63) is 23.3 Å². The number of quaternary nitrogens is 1. The van der Waals surface area contributed by atoms with Gasteiger partial charge in [0.1, 0.15) is 17.6 Å². The zero-order chi connectivity index (χ0) is 19.4. The van der Waals surface area contributed by atoms with Gasteiger partial charge in [-0.3, -0.25) is 9.59 Å². The molecule has 1 aromatic rings. The molecule has 2 aliphatic heterocycles. The molecule has 1 aromatic carbocycles. The fraction of sp³-hybridized carbons (Fsp3) is 0.600. The Kier molecular flexibility index (Phi) is 6.21. The lowest BCUT2D eigenvalue weighted by Crippen LogP contribution is -3.15. The molecule has 2 amide bonds. The van der Waals surface area contributed by atoms with Crippen LogP contribution in [0.5, 0.6) is 11.5 Å². The molecule has 0 unspecified atom stereocenters. The number of hydrogen-bond acceptors (Lipinski definition) is 4. The summed E-state index contributed by atoms with van der Waals surface area (Å²) in [5.74, 6) is 1.83. The second kappa shape index (κ2) is 8.61. The molecule has 2 heterocycles. The maximum absolute atomic E-state index is 12.4. The maximum atomic E-state index is 12.4. The van der Waals surface area contributed by atoms with E-state index in [2.05, 4.69) is 12.2 Å². The van der Waals surface area contributed by atoms with E-state index in [-0.39, 0.29) is 17.9 Å². The van der Waals surface area contributed by atoms with Crippen LogP contribution in [-0.4, -0.2) is 62.1 Å². The topological polar surface area (TPSA) is 72.3 Å². The second-order valence-corrected chi connectivity index (χ2v) is 7.34. The molecule has 2 N–H and O–H groups in total. The van der Waals surface area contributed by atoms with Crippen molar-refractivity contribution in [2.45, 2.75) is 39.8 Å². The van der Waals surface area contributed by atoms with Crippen LogP contribution in [0, 0.1) is 0 Å². The Balaban J connectivity index is 1.54. The van der Waals surface area contributed by atoms with Crippen molar-refractivity contribution in [2.24, 2.45) is 0 Å². The summed E-state index contributed by atoms with van der Waals surface area (Å²) in [5.41, 5.74) is 2.10. The molecule has 0 aromatic heterocycles. The van der Waals surface area contributed by atoms with E-state index in [1.807, 2.05) is 24.0 Å². The maximum Gasteiger partial charge on any atom is 0.275 e. The zero-order valence-corrected chi connectivity index (χ0v) is 16.5. The first-order valence-electron chi connectivity index (χ1n) is 9.77. The van der Waals surface area contributed by atoms with Gasteiger partial charge in [-0.2, -0.15) is 0 Å². The van der Waals surface area contributed by atoms with Gasteiger partial charge < -0.3 is 24.6 Å². The number of benzene rings is 1. The number of nitrogens with zero attached hydrogens (tertiary/aromatic N) is 1. The number of carbonyl (C=O) groups is 2. The van der Waals surface area contributed by atoms with Gasteiger partial charge in [0.25, 0.3) is 5.91 Å². The molecule has 0 spiro atoms. The van der Waals surface area contributed by atoms with Crippen LogP contribution < -0.4 is 19.7 Å². The van der Waals surface area contributed by atoms with Crippen LogP contribution in [0.3, 0.4) is 0 Å². The SMILES string of the molecule is CCOc1cc2c(cc1CNC(=O)C[NH+]1CCN(C(C)=O)CC1)O[C@@H](C)C2. The van der Waals surface area contributed by atoms with E-state index in [1.165, 1.54) is 4.90 Å². The third-order valence-corrected chi connectivity index (χ3v) is 5.18. The minimum atomic E-state index is 0.0125. The Morgan fingerprint density at radius 3 is 2.74 bits per heavy atom.